The quantitative estimate of drug-likeness (QED) is 0.800. The molecule has 2 aliphatic heterocycles. The molecule has 0 aromatic heterocycles. The smallest absolute Gasteiger partial charge is 0.0577 e. The summed E-state index contributed by atoms with van der Waals surface area (Å²) in [7, 11) is 0. The second kappa shape index (κ2) is 4.86. The van der Waals surface area contributed by atoms with Crippen molar-refractivity contribution >= 4 is 11.4 Å². The van der Waals surface area contributed by atoms with E-state index >= 15 is 0 Å². The standard InChI is InChI=1S/C18H20N2/c1-3-7-15(8-4-1)19-17-11-13-18(14-12-17)20(19)16-9-5-2-6-10-16/h1-10,17-18H,11-14H2. The molecule has 0 N–H and O–H groups in total. The molecule has 2 heterocycles. The molecule has 3 fully saturated rings. The number of rotatable bonds is 2. The van der Waals surface area contributed by atoms with Gasteiger partial charge in [-0.25, -0.2) is 0 Å². The molecule has 2 aromatic rings. The third kappa shape index (κ3) is 1.87. The molecule has 2 saturated heterocycles. The van der Waals surface area contributed by atoms with Gasteiger partial charge < -0.3 is 0 Å². The van der Waals surface area contributed by atoms with Gasteiger partial charge in [-0.15, -0.1) is 0 Å². The highest BCUT2D eigenvalue weighted by atomic mass is 15.7. The summed E-state index contributed by atoms with van der Waals surface area (Å²) in [5.41, 5.74) is 2.65. The van der Waals surface area contributed by atoms with Gasteiger partial charge in [0.05, 0.1) is 23.5 Å². The lowest BCUT2D eigenvalue weighted by Gasteiger charge is -2.55. The van der Waals surface area contributed by atoms with Crippen molar-refractivity contribution in [1.82, 2.24) is 0 Å². The van der Waals surface area contributed by atoms with E-state index in [9.17, 15) is 0 Å². The maximum atomic E-state index is 2.53. The predicted molar refractivity (Wildman–Crippen MR) is 83.9 cm³/mol. The molecule has 2 heteroatoms. The van der Waals surface area contributed by atoms with Crippen LogP contribution in [-0.4, -0.2) is 12.1 Å². The van der Waals surface area contributed by atoms with Gasteiger partial charge in [0.25, 0.3) is 0 Å². The molecule has 1 aliphatic carbocycles. The maximum absolute atomic E-state index is 2.53. The lowest BCUT2D eigenvalue weighted by molar-refractivity contribution is 0.284. The van der Waals surface area contributed by atoms with Gasteiger partial charge in [0, 0.05) is 0 Å². The van der Waals surface area contributed by atoms with Gasteiger partial charge in [0.1, 0.15) is 0 Å². The van der Waals surface area contributed by atoms with Crippen molar-refractivity contribution < 1.29 is 0 Å². The zero-order valence-electron chi connectivity index (χ0n) is 11.7. The van der Waals surface area contributed by atoms with E-state index in [0.717, 1.165) is 0 Å². The SMILES string of the molecule is c1ccc(N2C3CCC(CC3)N2c2ccccc2)cc1. The highest BCUT2D eigenvalue weighted by Gasteiger charge is 2.40. The molecular weight excluding hydrogens is 244 g/mol. The molecule has 0 unspecified atom stereocenters. The number of benzene rings is 2. The fourth-order valence-electron chi connectivity index (χ4n) is 3.73. The van der Waals surface area contributed by atoms with E-state index in [4.69, 9.17) is 0 Å². The number of hydrazine groups is 1. The van der Waals surface area contributed by atoms with Crippen LogP contribution in [0.2, 0.25) is 0 Å². The van der Waals surface area contributed by atoms with Crippen LogP contribution in [0.4, 0.5) is 11.4 Å². The van der Waals surface area contributed by atoms with Crippen molar-refractivity contribution in [2.75, 3.05) is 10.0 Å². The van der Waals surface area contributed by atoms with Crippen molar-refractivity contribution in [2.45, 2.75) is 37.8 Å². The van der Waals surface area contributed by atoms with E-state index in [-0.39, 0.29) is 0 Å². The monoisotopic (exact) mass is 264 g/mol. The van der Waals surface area contributed by atoms with E-state index < -0.39 is 0 Å². The fourth-order valence-corrected chi connectivity index (χ4v) is 3.73. The van der Waals surface area contributed by atoms with E-state index in [1.807, 2.05) is 0 Å². The Morgan fingerprint density at radius 2 is 0.900 bits per heavy atom. The van der Waals surface area contributed by atoms with Gasteiger partial charge in [-0.1, -0.05) is 36.4 Å². The number of hydrogen-bond donors (Lipinski definition) is 0. The van der Waals surface area contributed by atoms with E-state index in [1.54, 1.807) is 0 Å². The first-order valence-corrected chi connectivity index (χ1v) is 7.62. The first-order chi connectivity index (χ1) is 9.93. The summed E-state index contributed by atoms with van der Waals surface area (Å²) in [5.74, 6) is 0. The summed E-state index contributed by atoms with van der Waals surface area (Å²) in [5, 5.41) is 5.07. The highest BCUT2D eigenvalue weighted by Crippen LogP contribution is 2.40. The highest BCUT2D eigenvalue weighted by molar-refractivity contribution is 5.60. The normalized spacial score (nSPS) is 25.0. The van der Waals surface area contributed by atoms with Crippen LogP contribution >= 0.6 is 0 Å². The summed E-state index contributed by atoms with van der Waals surface area (Å²) in [6.45, 7) is 0. The topological polar surface area (TPSA) is 6.48 Å². The zero-order chi connectivity index (χ0) is 13.4. The summed E-state index contributed by atoms with van der Waals surface area (Å²) >= 11 is 0. The minimum atomic E-state index is 0.655. The minimum Gasteiger partial charge on any atom is -0.282 e. The Morgan fingerprint density at radius 1 is 0.550 bits per heavy atom. The summed E-state index contributed by atoms with van der Waals surface area (Å²) in [6, 6.07) is 23.0. The van der Waals surface area contributed by atoms with Gasteiger partial charge in [-0.05, 0) is 49.9 Å². The molecule has 3 aliphatic rings. The molecule has 2 bridgehead atoms. The number of hydrogen-bond acceptors (Lipinski definition) is 2. The first kappa shape index (κ1) is 11.8. The van der Waals surface area contributed by atoms with Crippen molar-refractivity contribution in [1.29, 1.82) is 0 Å². The molecule has 2 nitrogen and oxygen atoms in total. The fraction of sp³-hybridized carbons (Fsp3) is 0.333. The van der Waals surface area contributed by atoms with Gasteiger partial charge >= 0.3 is 0 Å². The van der Waals surface area contributed by atoms with Gasteiger partial charge in [-0.2, -0.15) is 0 Å². The lowest BCUT2D eigenvalue weighted by atomic mass is 9.86. The Kier molecular flexibility index (Phi) is 2.87. The molecule has 20 heavy (non-hydrogen) atoms. The third-order valence-electron chi connectivity index (χ3n) is 4.63. The largest absolute Gasteiger partial charge is 0.282 e. The average molecular weight is 264 g/mol. The zero-order valence-corrected chi connectivity index (χ0v) is 11.7. The Labute approximate surface area is 120 Å². The lowest BCUT2D eigenvalue weighted by Crippen LogP contribution is -2.62. The second-order valence-electron chi connectivity index (χ2n) is 5.82. The number of nitrogens with zero attached hydrogens (tertiary/aromatic N) is 2. The van der Waals surface area contributed by atoms with E-state index in [2.05, 4.69) is 70.7 Å². The number of fused-ring (bicyclic) bond motifs is 3. The Bertz CT molecular complexity index is 505. The molecule has 0 radical (unpaired) electrons. The molecule has 2 aromatic carbocycles. The first-order valence-electron chi connectivity index (χ1n) is 7.62. The Balaban J connectivity index is 1.77. The van der Waals surface area contributed by atoms with Crippen LogP contribution in [-0.2, 0) is 0 Å². The molecule has 1 saturated carbocycles. The van der Waals surface area contributed by atoms with Crippen LogP contribution in [0.15, 0.2) is 60.7 Å². The minimum absolute atomic E-state index is 0.655. The Hall–Kier alpha value is -1.96. The van der Waals surface area contributed by atoms with E-state index in [1.165, 1.54) is 37.1 Å². The molecule has 102 valence electrons. The molecule has 0 spiro atoms. The van der Waals surface area contributed by atoms with Crippen LogP contribution < -0.4 is 10.0 Å². The third-order valence-corrected chi connectivity index (χ3v) is 4.63. The van der Waals surface area contributed by atoms with Crippen molar-refractivity contribution in [3.63, 3.8) is 0 Å². The number of para-hydroxylation sites is 2. The van der Waals surface area contributed by atoms with Crippen LogP contribution in [0.25, 0.3) is 0 Å². The van der Waals surface area contributed by atoms with Crippen LogP contribution in [0.5, 0.6) is 0 Å². The summed E-state index contributed by atoms with van der Waals surface area (Å²) in [4.78, 5) is 0. The van der Waals surface area contributed by atoms with Crippen LogP contribution in [0.1, 0.15) is 25.7 Å². The molecule has 0 atom stereocenters. The Morgan fingerprint density at radius 3 is 1.25 bits per heavy atom. The van der Waals surface area contributed by atoms with Crippen molar-refractivity contribution in [3.05, 3.63) is 60.7 Å². The average Bonchev–Trinajstić information content (AvgIpc) is 2.57. The van der Waals surface area contributed by atoms with Crippen molar-refractivity contribution in [3.8, 4) is 0 Å². The van der Waals surface area contributed by atoms with Crippen molar-refractivity contribution in [2.24, 2.45) is 0 Å². The molecule has 5 rings (SSSR count). The number of anilines is 2. The predicted octanol–water partition coefficient (Wildman–Crippen LogP) is 4.24. The summed E-state index contributed by atoms with van der Waals surface area (Å²) in [6.07, 6.45) is 5.29. The van der Waals surface area contributed by atoms with E-state index in [0.29, 0.717) is 12.1 Å². The van der Waals surface area contributed by atoms with Crippen LogP contribution in [0, 0.1) is 0 Å². The molecule has 0 amide bonds. The maximum Gasteiger partial charge on any atom is 0.0577 e. The van der Waals surface area contributed by atoms with Gasteiger partial charge in [0.2, 0.25) is 0 Å². The van der Waals surface area contributed by atoms with Crippen LogP contribution in [0.3, 0.4) is 0 Å². The summed E-state index contributed by atoms with van der Waals surface area (Å²) < 4.78 is 0. The second-order valence-corrected chi connectivity index (χ2v) is 5.82. The molecular formula is C18H20N2. The van der Waals surface area contributed by atoms with Gasteiger partial charge in [-0.3, -0.25) is 10.0 Å². The van der Waals surface area contributed by atoms with Gasteiger partial charge in [0.15, 0.2) is 0 Å².